The molecule has 0 heterocycles. The Kier molecular flexibility index (Phi) is 123. The van der Waals surface area contributed by atoms with E-state index >= 15 is 0 Å². The maximum atomic E-state index is 8.34. The van der Waals surface area contributed by atoms with E-state index in [2.05, 4.69) is 0 Å². The van der Waals surface area contributed by atoms with Crippen molar-refractivity contribution in [1.82, 2.24) is 0 Å². The molecule has 0 aliphatic heterocycles. The SMILES string of the molecule is [Fe].[KH].[O]=[Zr].[Zn]. The summed E-state index contributed by atoms with van der Waals surface area (Å²) < 4.78 is 8.34. The smallest absolute Gasteiger partial charge is 0 e. The van der Waals surface area contributed by atoms with Gasteiger partial charge in [-0.25, -0.2) is 0 Å². The Hall–Kier alpha value is 3.46. The van der Waals surface area contributed by atoms with Gasteiger partial charge >= 0.3 is 78.9 Å². The van der Waals surface area contributed by atoms with Gasteiger partial charge < -0.3 is 0 Å². The van der Waals surface area contributed by atoms with Gasteiger partial charge in [0.05, 0.1) is 0 Å². The Balaban J connectivity index is -0.00000000167. The first-order valence-corrected chi connectivity index (χ1v) is 1.21. The minimum absolute atomic E-state index is 0. The molecule has 0 fully saturated rings. The third kappa shape index (κ3) is 18.6. The molecule has 0 aromatic rings. The van der Waals surface area contributed by atoms with Crippen LogP contribution in [0.4, 0.5) is 0 Å². The van der Waals surface area contributed by atoms with Gasteiger partial charge in [0, 0.05) is 36.5 Å². The maximum absolute atomic E-state index is 8.34. The second-order valence-electron chi connectivity index (χ2n) is 0. The maximum Gasteiger partial charge on any atom is 0 e. The van der Waals surface area contributed by atoms with Crippen LogP contribution in [-0.4, -0.2) is 51.4 Å². The number of rotatable bonds is 0. The van der Waals surface area contributed by atoms with Crippen molar-refractivity contribution < 1.29 is 64.1 Å². The molecule has 0 saturated carbocycles. The fraction of sp³-hybridized carbons (Fsp3) is 0. The molecule has 5 heteroatoms. The van der Waals surface area contributed by atoms with E-state index in [1.165, 1.54) is 0 Å². The average Bonchev–Trinajstić information content (AvgIpc) is 1.00. The van der Waals surface area contributed by atoms with Crippen LogP contribution in [0.2, 0.25) is 0 Å². The average molecular weight is 269 g/mol. The van der Waals surface area contributed by atoms with E-state index in [9.17, 15) is 0 Å². The molecular weight excluding hydrogens is 268 g/mol. The van der Waals surface area contributed by atoms with E-state index in [1.807, 2.05) is 0 Å². The zero-order valence-electron chi connectivity index (χ0n) is 1.97. The van der Waals surface area contributed by atoms with Crippen LogP contribution in [0.3, 0.4) is 0 Å². The van der Waals surface area contributed by atoms with Crippen molar-refractivity contribution in [2.75, 3.05) is 0 Å². The minimum atomic E-state index is 0. The van der Waals surface area contributed by atoms with Crippen LogP contribution >= 0.6 is 0 Å². The third-order valence-corrected chi connectivity index (χ3v) is 0. The summed E-state index contributed by atoms with van der Waals surface area (Å²) in [6.45, 7) is 0. The second kappa shape index (κ2) is 26.0. The molecule has 0 bridgehead atoms. The van der Waals surface area contributed by atoms with Crippen molar-refractivity contribution in [3.63, 3.8) is 0 Å². The summed E-state index contributed by atoms with van der Waals surface area (Å²) >= 11 is 0.300. The summed E-state index contributed by atoms with van der Waals surface area (Å²) in [5, 5.41) is 0. The summed E-state index contributed by atoms with van der Waals surface area (Å²) in [4.78, 5) is 0. The Morgan fingerprint density at radius 2 is 1.20 bits per heavy atom. The van der Waals surface area contributed by atoms with Gasteiger partial charge in [-0.1, -0.05) is 0 Å². The van der Waals surface area contributed by atoms with Gasteiger partial charge in [-0.05, 0) is 0 Å². The topological polar surface area (TPSA) is 17.1 Å². The van der Waals surface area contributed by atoms with Gasteiger partial charge in [-0.3, -0.25) is 0 Å². The first-order chi connectivity index (χ1) is 1.00. The molecule has 0 spiro atoms. The molecule has 0 rings (SSSR count). The van der Waals surface area contributed by atoms with E-state index in [-0.39, 0.29) is 87.9 Å². The largest absolute Gasteiger partial charge is 0 e. The van der Waals surface area contributed by atoms with Gasteiger partial charge in [-0.2, -0.15) is 0 Å². The molecule has 0 radical (unpaired) electrons. The zero-order chi connectivity index (χ0) is 2.00. The van der Waals surface area contributed by atoms with E-state index in [0.717, 1.165) is 0 Å². The van der Waals surface area contributed by atoms with Crippen LogP contribution in [0.5, 0.6) is 0 Å². The Morgan fingerprint density at radius 3 is 1.20 bits per heavy atom. The Bertz CT molecular complexity index is 11.6. The molecule has 1 nitrogen and oxygen atoms in total. The van der Waals surface area contributed by atoms with Crippen LogP contribution in [0, 0.1) is 0 Å². The van der Waals surface area contributed by atoms with Crippen molar-refractivity contribution in [3.05, 3.63) is 0 Å². The summed E-state index contributed by atoms with van der Waals surface area (Å²) in [5.74, 6) is 0. The standard InChI is InChI=1S/Fe.K.O.Zn.Zr.H. The Morgan fingerprint density at radius 1 is 1.20 bits per heavy atom. The Labute approximate surface area is 112 Å². The van der Waals surface area contributed by atoms with Gasteiger partial charge in [0.2, 0.25) is 0 Å². The second-order valence-corrected chi connectivity index (χ2v) is 0. The van der Waals surface area contributed by atoms with Crippen LogP contribution in [0.25, 0.3) is 0 Å². The van der Waals surface area contributed by atoms with Crippen molar-refractivity contribution in [3.8, 4) is 0 Å². The summed E-state index contributed by atoms with van der Waals surface area (Å²) in [6, 6.07) is 0. The van der Waals surface area contributed by atoms with Crippen LogP contribution < -0.4 is 0 Å². The van der Waals surface area contributed by atoms with Crippen molar-refractivity contribution >= 4 is 51.4 Å². The molecule has 22 valence electrons. The van der Waals surface area contributed by atoms with Crippen LogP contribution in [0.15, 0.2) is 0 Å². The molecule has 0 aliphatic carbocycles. The van der Waals surface area contributed by atoms with Gasteiger partial charge in [0.15, 0.2) is 0 Å². The molecule has 0 N–H and O–H groups in total. The first-order valence-electron chi connectivity index (χ1n) is 0.204. The molecule has 0 aromatic heterocycles. The molecule has 0 aromatic carbocycles. The molecule has 0 unspecified atom stereocenters. The summed E-state index contributed by atoms with van der Waals surface area (Å²) in [5.41, 5.74) is 0. The predicted molar refractivity (Wildman–Crippen MR) is 7.84 cm³/mol. The monoisotopic (exact) mass is 266 g/mol. The number of hydrogen-bond acceptors (Lipinski definition) is 1. The van der Waals surface area contributed by atoms with Gasteiger partial charge in [-0.15, -0.1) is 0 Å². The normalized spacial score (nSPS) is 0.600. The van der Waals surface area contributed by atoms with Crippen LogP contribution in [-0.2, 0) is 64.1 Å². The molecule has 0 saturated heterocycles. The summed E-state index contributed by atoms with van der Waals surface area (Å²) in [6.07, 6.45) is 0. The predicted octanol–water partition coefficient (Wildman–Crippen LogP) is -0.775. The quantitative estimate of drug-likeness (QED) is 0.527. The van der Waals surface area contributed by atoms with Crippen molar-refractivity contribution in [2.45, 2.75) is 0 Å². The molecule has 5 heavy (non-hydrogen) atoms. The minimum Gasteiger partial charge on any atom is 0 e. The van der Waals surface area contributed by atoms with Gasteiger partial charge in [0.1, 0.15) is 0 Å². The third-order valence-electron chi connectivity index (χ3n) is 0. The molecule has 0 amide bonds. The van der Waals surface area contributed by atoms with Crippen LogP contribution in [0.1, 0.15) is 0 Å². The fourth-order valence-electron chi connectivity index (χ4n) is 0. The zero-order valence-corrected chi connectivity index (χ0v) is 8.50. The molecular formula is HFeKOZnZr. The van der Waals surface area contributed by atoms with E-state index < -0.39 is 0 Å². The molecule has 0 atom stereocenters. The van der Waals surface area contributed by atoms with Crippen molar-refractivity contribution in [1.29, 1.82) is 0 Å². The first kappa shape index (κ1) is 23.7. The summed E-state index contributed by atoms with van der Waals surface area (Å²) in [7, 11) is 0. The van der Waals surface area contributed by atoms with E-state index in [4.69, 9.17) is 2.81 Å². The van der Waals surface area contributed by atoms with E-state index in [0.29, 0.717) is 24.7 Å². The van der Waals surface area contributed by atoms with Gasteiger partial charge in [0.25, 0.3) is 0 Å². The molecule has 0 aliphatic rings. The van der Waals surface area contributed by atoms with Crippen molar-refractivity contribution in [2.24, 2.45) is 0 Å². The fourth-order valence-corrected chi connectivity index (χ4v) is 0. The van der Waals surface area contributed by atoms with E-state index in [1.54, 1.807) is 0 Å². The number of hydrogen-bond donors (Lipinski definition) is 0.